The first-order chi connectivity index (χ1) is 13.8. The molecule has 7 heteroatoms. The Morgan fingerprint density at radius 2 is 1.83 bits per heavy atom. The van der Waals surface area contributed by atoms with E-state index in [-0.39, 0.29) is 24.0 Å². The SMILES string of the molecule is I.NC(=NCc1ccccc1-c1ccc(Cn2ccnc2)cc1)N1CCOCC1. The topological polar surface area (TPSA) is 68.7 Å². The van der Waals surface area contributed by atoms with Gasteiger partial charge in [-0.2, -0.15) is 0 Å². The van der Waals surface area contributed by atoms with E-state index in [9.17, 15) is 0 Å². The Hall–Kier alpha value is -2.39. The maximum absolute atomic E-state index is 6.18. The highest BCUT2D eigenvalue weighted by atomic mass is 127. The third kappa shape index (κ3) is 5.57. The monoisotopic (exact) mass is 503 g/mol. The number of benzene rings is 2. The molecule has 2 N–H and O–H groups in total. The van der Waals surface area contributed by atoms with Gasteiger partial charge in [0.15, 0.2) is 5.96 Å². The summed E-state index contributed by atoms with van der Waals surface area (Å²) in [5.74, 6) is 0.591. The van der Waals surface area contributed by atoms with E-state index in [1.807, 2.05) is 18.6 Å². The number of imidazole rings is 1. The van der Waals surface area contributed by atoms with Crippen LogP contribution in [0, 0.1) is 0 Å². The van der Waals surface area contributed by atoms with E-state index in [0.29, 0.717) is 25.7 Å². The second-order valence-corrected chi connectivity index (χ2v) is 6.86. The highest BCUT2D eigenvalue weighted by Gasteiger charge is 2.12. The minimum atomic E-state index is 0. The fourth-order valence-corrected chi connectivity index (χ4v) is 3.38. The zero-order valence-electron chi connectivity index (χ0n) is 16.3. The van der Waals surface area contributed by atoms with Gasteiger partial charge in [0.25, 0.3) is 0 Å². The largest absolute Gasteiger partial charge is 0.378 e. The predicted molar refractivity (Wildman–Crippen MR) is 126 cm³/mol. The van der Waals surface area contributed by atoms with Crippen molar-refractivity contribution in [3.8, 4) is 11.1 Å². The molecular weight excluding hydrogens is 477 g/mol. The van der Waals surface area contributed by atoms with Gasteiger partial charge in [-0.05, 0) is 22.3 Å². The van der Waals surface area contributed by atoms with E-state index in [1.54, 1.807) is 6.20 Å². The van der Waals surface area contributed by atoms with E-state index >= 15 is 0 Å². The van der Waals surface area contributed by atoms with E-state index in [4.69, 9.17) is 10.5 Å². The summed E-state index contributed by atoms with van der Waals surface area (Å²) in [5.41, 5.74) is 11.0. The summed E-state index contributed by atoms with van der Waals surface area (Å²) >= 11 is 0. The third-order valence-corrected chi connectivity index (χ3v) is 4.95. The van der Waals surface area contributed by atoms with Crippen LogP contribution in [-0.2, 0) is 17.8 Å². The number of hydrogen-bond donors (Lipinski definition) is 1. The summed E-state index contributed by atoms with van der Waals surface area (Å²) in [6.45, 7) is 4.40. The molecule has 3 aromatic rings. The summed E-state index contributed by atoms with van der Waals surface area (Å²) in [7, 11) is 0. The van der Waals surface area contributed by atoms with Crippen molar-refractivity contribution in [3.63, 3.8) is 0 Å². The molecule has 2 heterocycles. The van der Waals surface area contributed by atoms with Gasteiger partial charge in [-0.1, -0.05) is 48.5 Å². The van der Waals surface area contributed by atoms with E-state index < -0.39 is 0 Å². The second kappa shape index (κ2) is 10.4. The van der Waals surface area contributed by atoms with Gasteiger partial charge >= 0.3 is 0 Å². The number of ether oxygens (including phenoxy) is 1. The Morgan fingerprint density at radius 1 is 1.07 bits per heavy atom. The molecule has 29 heavy (non-hydrogen) atoms. The summed E-state index contributed by atoms with van der Waals surface area (Å²) in [6, 6.07) is 17.0. The number of guanidine groups is 1. The maximum Gasteiger partial charge on any atom is 0.191 e. The molecule has 1 fully saturated rings. The number of aliphatic imine (C=N–C) groups is 1. The second-order valence-electron chi connectivity index (χ2n) is 6.86. The lowest BCUT2D eigenvalue weighted by molar-refractivity contribution is 0.0674. The molecule has 0 amide bonds. The Bertz CT molecular complexity index is 919. The summed E-state index contributed by atoms with van der Waals surface area (Å²) in [6.07, 6.45) is 5.61. The molecule has 4 rings (SSSR count). The fraction of sp³-hybridized carbons (Fsp3) is 0.273. The van der Waals surface area contributed by atoms with Crippen LogP contribution in [0.5, 0.6) is 0 Å². The van der Waals surface area contributed by atoms with Crippen LogP contribution in [0.4, 0.5) is 0 Å². The molecule has 2 aromatic carbocycles. The fourth-order valence-electron chi connectivity index (χ4n) is 3.38. The molecule has 1 aliphatic rings. The van der Waals surface area contributed by atoms with Gasteiger partial charge in [0.2, 0.25) is 0 Å². The number of aromatic nitrogens is 2. The van der Waals surface area contributed by atoms with Crippen molar-refractivity contribution in [2.75, 3.05) is 26.3 Å². The predicted octanol–water partition coefficient (Wildman–Crippen LogP) is 3.36. The quantitative estimate of drug-likeness (QED) is 0.330. The highest BCUT2D eigenvalue weighted by Crippen LogP contribution is 2.25. The number of nitrogens with zero attached hydrogens (tertiary/aromatic N) is 4. The van der Waals surface area contributed by atoms with Crippen LogP contribution in [0.2, 0.25) is 0 Å². The lowest BCUT2D eigenvalue weighted by Gasteiger charge is -2.27. The van der Waals surface area contributed by atoms with Crippen LogP contribution in [0.15, 0.2) is 72.2 Å². The van der Waals surface area contributed by atoms with Gasteiger partial charge in [0, 0.05) is 32.0 Å². The normalized spacial score (nSPS) is 14.5. The number of nitrogens with two attached hydrogens (primary N) is 1. The molecule has 0 bridgehead atoms. The molecule has 1 saturated heterocycles. The van der Waals surface area contributed by atoms with Crippen LogP contribution < -0.4 is 5.73 Å². The van der Waals surface area contributed by atoms with E-state index in [0.717, 1.165) is 19.6 Å². The van der Waals surface area contributed by atoms with Crippen LogP contribution in [0.1, 0.15) is 11.1 Å². The van der Waals surface area contributed by atoms with Gasteiger partial charge in [-0.15, -0.1) is 24.0 Å². The number of morpholine rings is 1. The highest BCUT2D eigenvalue weighted by molar-refractivity contribution is 14.0. The molecule has 1 aromatic heterocycles. The van der Waals surface area contributed by atoms with Gasteiger partial charge < -0.3 is 19.9 Å². The van der Waals surface area contributed by atoms with Crippen LogP contribution in [0.25, 0.3) is 11.1 Å². The average molecular weight is 503 g/mol. The zero-order chi connectivity index (χ0) is 19.2. The number of hydrogen-bond acceptors (Lipinski definition) is 3. The lowest BCUT2D eigenvalue weighted by Crippen LogP contribution is -2.44. The molecular formula is C22H26IN5O. The van der Waals surface area contributed by atoms with Crippen molar-refractivity contribution in [3.05, 3.63) is 78.4 Å². The maximum atomic E-state index is 6.18. The van der Waals surface area contributed by atoms with Gasteiger partial charge in [0.1, 0.15) is 0 Å². The Balaban J connectivity index is 0.00000240. The molecule has 0 saturated carbocycles. The molecule has 0 aliphatic carbocycles. The molecule has 0 atom stereocenters. The lowest BCUT2D eigenvalue weighted by atomic mass is 9.98. The first-order valence-electron chi connectivity index (χ1n) is 9.55. The first kappa shape index (κ1) is 21.3. The molecule has 6 nitrogen and oxygen atoms in total. The van der Waals surface area contributed by atoms with Crippen molar-refractivity contribution in [1.29, 1.82) is 0 Å². The van der Waals surface area contributed by atoms with E-state index in [1.165, 1.54) is 22.3 Å². The van der Waals surface area contributed by atoms with Crippen molar-refractivity contribution in [1.82, 2.24) is 14.5 Å². The number of rotatable bonds is 5. The average Bonchev–Trinajstić information content (AvgIpc) is 3.26. The van der Waals surface area contributed by atoms with Gasteiger partial charge in [-0.3, -0.25) is 0 Å². The van der Waals surface area contributed by atoms with Crippen molar-refractivity contribution < 1.29 is 4.74 Å². The van der Waals surface area contributed by atoms with Gasteiger partial charge in [-0.25, -0.2) is 9.98 Å². The minimum Gasteiger partial charge on any atom is -0.378 e. The Morgan fingerprint density at radius 3 is 2.55 bits per heavy atom. The molecule has 0 unspecified atom stereocenters. The van der Waals surface area contributed by atoms with Crippen LogP contribution >= 0.6 is 24.0 Å². The van der Waals surface area contributed by atoms with Gasteiger partial charge in [0.05, 0.1) is 26.1 Å². The molecule has 1 aliphatic heterocycles. The summed E-state index contributed by atoms with van der Waals surface area (Å²) < 4.78 is 7.44. The molecule has 152 valence electrons. The third-order valence-electron chi connectivity index (χ3n) is 4.95. The smallest absolute Gasteiger partial charge is 0.191 e. The minimum absolute atomic E-state index is 0. The van der Waals surface area contributed by atoms with E-state index in [2.05, 4.69) is 61.9 Å². The van der Waals surface area contributed by atoms with Crippen molar-refractivity contribution >= 4 is 29.9 Å². The molecule has 0 spiro atoms. The van der Waals surface area contributed by atoms with Crippen molar-refractivity contribution in [2.45, 2.75) is 13.1 Å². The summed E-state index contributed by atoms with van der Waals surface area (Å²) in [5, 5.41) is 0. The van der Waals surface area contributed by atoms with Crippen LogP contribution in [0.3, 0.4) is 0 Å². The molecule has 0 radical (unpaired) electrons. The Labute approximate surface area is 188 Å². The number of halogens is 1. The summed E-state index contributed by atoms with van der Waals surface area (Å²) in [4.78, 5) is 10.8. The standard InChI is InChI=1S/C22H25N5O.HI/c23-22(27-11-13-28-14-12-27)25-15-20-3-1-2-4-21(20)19-7-5-18(6-8-19)16-26-10-9-24-17-26;/h1-10,17H,11-16H2,(H2,23,25);1H. The Kier molecular flexibility index (Phi) is 7.65. The zero-order valence-corrected chi connectivity index (χ0v) is 18.6. The van der Waals surface area contributed by atoms with Crippen LogP contribution in [-0.4, -0.2) is 46.7 Å². The van der Waals surface area contributed by atoms with Crippen molar-refractivity contribution in [2.24, 2.45) is 10.7 Å². The first-order valence-corrected chi connectivity index (χ1v) is 9.55.